The van der Waals surface area contributed by atoms with Gasteiger partial charge in [0.2, 0.25) is 0 Å². The molecule has 0 radical (unpaired) electrons. The van der Waals surface area contributed by atoms with Crippen LogP contribution in [0, 0.1) is 5.92 Å². The van der Waals surface area contributed by atoms with Gasteiger partial charge in [0.05, 0.1) is 0 Å². The van der Waals surface area contributed by atoms with Gasteiger partial charge in [0.15, 0.2) is 0 Å². The Morgan fingerprint density at radius 2 is 2.60 bits per heavy atom. The van der Waals surface area contributed by atoms with Gasteiger partial charge in [-0.25, -0.2) is 0 Å². The molecule has 10 heavy (non-hydrogen) atoms. The molecule has 0 N–H and O–H groups in total. The zero-order valence-electron chi connectivity index (χ0n) is 6.17. The highest BCUT2D eigenvalue weighted by atomic mass is 16.5. The monoisotopic (exact) mass is 140 g/mol. The number of carbonyl (C=O) groups excluding carboxylic acids is 1. The molecule has 0 aliphatic heterocycles. The van der Waals surface area contributed by atoms with E-state index in [1.54, 1.807) is 0 Å². The number of rotatable bonds is 2. The number of hydrogen-bond acceptors (Lipinski definition) is 2. The van der Waals surface area contributed by atoms with Crippen molar-refractivity contribution < 1.29 is 9.53 Å². The van der Waals surface area contributed by atoms with Crippen molar-refractivity contribution in [3.05, 3.63) is 11.8 Å². The minimum absolute atomic E-state index is 0.502. The Morgan fingerprint density at radius 1 is 1.80 bits per heavy atom. The van der Waals surface area contributed by atoms with Gasteiger partial charge in [-0.15, -0.1) is 0 Å². The molecule has 1 aliphatic carbocycles. The topological polar surface area (TPSA) is 26.3 Å². The molecular weight excluding hydrogens is 128 g/mol. The lowest BCUT2D eigenvalue weighted by molar-refractivity contribution is -0.125. The second kappa shape index (κ2) is 3.40. The summed E-state index contributed by atoms with van der Waals surface area (Å²) in [6.07, 6.45) is 5.10. The molecule has 0 aromatic carbocycles. The number of hydrogen-bond donors (Lipinski definition) is 0. The maximum atomic E-state index is 9.89. The summed E-state index contributed by atoms with van der Waals surface area (Å²) in [5.41, 5.74) is 0. The standard InChI is InChI=1S/C8H12O2/c1-7-2-4-8(5-3-7)10-6-9/h4,6-7H,2-3,5H2,1H3. The van der Waals surface area contributed by atoms with Crippen LogP contribution in [0.25, 0.3) is 0 Å². The minimum atomic E-state index is 0.502. The van der Waals surface area contributed by atoms with Crippen molar-refractivity contribution in [2.45, 2.75) is 26.2 Å². The van der Waals surface area contributed by atoms with Crippen molar-refractivity contribution in [3.63, 3.8) is 0 Å². The maximum Gasteiger partial charge on any atom is 0.298 e. The lowest BCUT2D eigenvalue weighted by Crippen LogP contribution is -2.03. The van der Waals surface area contributed by atoms with Crippen LogP contribution in [0.1, 0.15) is 26.2 Å². The van der Waals surface area contributed by atoms with Crippen molar-refractivity contribution in [2.75, 3.05) is 0 Å². The predicted molar refractivity (Wildman–Crippen MR) is 38.2 cm³/mol. The van der Waals surface area contributed by atoms with Crippen molar-refractivity contribution in [1.82, 2.24) is 0 Å². The molecule has 0 aromatic rings. The summed E-state index contributed by atoms with van der Waals surface area (Å²) in [4.78, 5) is 9.89. The average Bonchev–Trinajstić information content (AvgIpc) is 1.95. The van der Waals surface area contributed by atoms with Crippen LogP contribution in [0.4, 0.5) is 0 Å². The van der Waals surface area contributed by atoms with Crippen LogP contribution >= 0.6 is 0 Å². The van der Waals surface area contributed by atoms with E-state index < -0.39 is 0 Å². The second-order valence-electron chi connectivity index (χ2n) is 2.76. The molecule has 56 valence electrons. The first-order chi connectivity index (χ1) is 4.83. The van der Waals surface area contributed by atoms with Gasteiger partial charge in [0.1, 0.15) is 5.76 Å². The van der Waals surface area contributed by atoms with Gasteiger partial charge in [0, 0.05) is 6.42 Å². The van der Waals surface area contributed by atoms with Gasteiger partial charge in [0.25, 0.3) is 6.47 Å². The Bertz CT molecular complexity index is 149. The van der Waals surface area contributed by atoms with Crippen LogP contribution in [-0.4, -0.2) is 6.47 Å². The molecule has 0 bridgehead atoms. The quantitative estimate of drug-likeness (QED) is 0.547. The van der Waals surface area contributed by atoms with E-state index in [1.165, 1.54) is 0 Å². The fraction of sp³-hybridized carbons (Fsp3) is 0.625. The first kappa shape index (κ1) is 7.32. The first-order valence-electron chi connectivity index (χ1n) is 3.62. The molecule has 2 nitrogen and oxygen atoms in total. The van der Waals surface area contributed by atoms with Crippen LogP contribution in [0.3, 0.4) is 0 Å². The van der Waals surface area contributed by atoms with Gasteiger partial charge >= 0.3 is 0 Å². The summed E-state index contributed by atoms with van der Waals surface area (Å²) in [6, 6.07) is 0. The number of ether oxygens (including phenoxy) is 1. The lowest BCUT2D eigenvalue weighted by atomic mass is 9.95. The molecule has 1 aliphatic rings. The molecule has 1 unspecified atom stereocenters. The first-order valence-corrected chi connectivity index (χ1v) is 3.62. The summed E-state index contributed by atoms with van der Waals surface area (Å²) in [6.45, 7) is 2.70. The van der Waals surface area contributed by atoms with Crippen molar-refractivity contribution in [1.29, 1.82) is 0 Å². The molecule has 1 atom stereocenters. The number of allylic oxidation sites excluding steroid dienone is 2. The molecule has 0 saturated carbocycles. The molecule has 1 rings (SSSR count). The highest BCUT2D eigenvalue weighted by Crippen LogP contribution is 2.22. The van der Waals surface area contributed by atoms with Crippen molar-refractivity contribution in [3.8, 4) is 0 Å². The molecule has 0 fully saturated rings. The number of carbonyl (C=O) groups is 1. The Morgan fingerprint density at radius 3 is 3.10 bits per heavy atom. The Hall–Kier alpha value is -0.790. The third kappa shape index (κ3) is 1.87. The van der Waals surface area contributed by atoms with Crippen LogP contribution in [0.5, 0.6) is 0 Å². The van der Waals surface area contributed by atoms with Crippen LogP contribution in [-0.2, 0) is 9.53 Å². The Balaban J connectivity index is 2.40. The smallest absolute Gasteiger partial charge is 0.298 e. The Kier molecular flexibility index (Phi) is 2.49. The summed E-state index contributed by atoms with van der Waals surface area (Å²) >= 11 is 0. The van der Waals surface area contributed by atoms with Gasteiger partial charge in [-0.05, 0) is 24.8 Å². The Labute approximate surface area is 60.9 Å². The highest BCUT2D eigenvalue weighted by Gasteiger charge is 2.09. The van der Waals surface area contributed by atoms with E-state index in [1.807, 2.05) is 6.08 Å². The van der Waals surface area contributed by atoms with E-state index in [4.69, 9.17) is 4.74 Å². The highest BCUT2D eigenvalue weighted by molar-refractivity contribution is 5.39. The third-order valence-corrected chi connectivity index (χ3v) is 1.83. The summed E-state index contributed by atoms with van der Waals surface area (Å²) < 4.78 is 4.71. The summed E-state index contributed by atoms with van der Waals surface area (Å²) in [5.74, 6) is 1.59. The van der Waals surface area contributed by atoms with Gasteiger partial charge in [-0.2, -0.15) is 0 Å². The molecule has 0 spiro atoms. The zero-order valence-corrected chi connectivity index (χ0v) is 6.17. The third-order valence-electron chi connectivity index (χ3n) is 1.83. The summed E-state index contributed by atoms with van der Waals surface area (Å²) in [5, 5.41) is 0. The van der Waals surface area contributed by atoms with Crippen LogP contribution in [0.2, 0.25) is 0 Å². The maximum absolute atomic E-state index is 9.89. The van der Waals surface area contributed by atoms with Crippen LogP contribution in [0.15, 0.2) is 11.8 Å². The van der Waals surface area contributed by atoms with E-state index in [0.29, 0.717) is 6.47 Å². The molecule has 0 aromatic heterocycles. The van der Waals surface area contributed by atoms with E-state index in [9.17, 15) is 4.79 Å². The zero-order chi connectivity index (χ0) is 7.40. The van der Waals surface area contributed by atoms with E-state index in [-0.39, 0.29) is 0 Å². The average molecular weight is 140 g/mol. The van der Waals surface area contributed by atoms with Gasteiger partial charge < -0.3 is 4.74 Å². The van der Waals surface area contributed by atoms with Crippen LogP contribution < -0.4 is 0 Å². The predicted octanol–water partition coefficient (Wildman–Crippen LogP) is 1.86. The van der Waals surface area contributed by atoms with E-state index in [0.717, 1.165) is 30.9 Å². The van der Waals surface area contributed by atoms with Gasteiger partial charge in [-0.1, -0.05) is 6.92 Å². The molecular formula is C8H12O2. The molecule has 0 saturated heterocycles. The van der Waals surface area contributed by atoms with E-state index >= 15 is 0 Å². The fourth-order valence-electron chi connectivity index (χ4n) is 1.11. The molecule has 0 amide bonds. The van der Waals surface area contributed by atoms with Crippen molar-refractivity contribution >= 4 is 6.47 Å². The largest absolute Gasteiger partial charge is 0.434 e. The second-order valence-corrected chi connectivity index (χ2v) is 2.76. The normalized spacial score (nSPS) is 25.3. The minimum Gasteiger partial charge on any atom is -0.434 e. The SMILES string of the molecule is CC1CC=C(OC=O)CC1. The van der Waals surface area contributed by atoms with E-state index in [2.05, 4.69) is 6.92 Å². The molecule has 2 heteroatoms. The van der Waals surface area contributed by atoms with Gasteiger partial charge in [-0.3, -0.25) is 4.79 Å². The lowest BCUT2D eigenvalue weighted by Gasteiger charge is -2.15. The fourth-order valence-corrected chi connectivity index (χ4v) is 1.11. The van der Waals surface area contributed by atoms with Crippen molar-refractivity contribution in [2.24, 2.45) is 5.92 Å². The molecule has 0 heterocycles. The summed E-state index contributed by atoms with van der Waals surface area (Å²) in [7, 11) is 0.